The molecular formula is C18H11F8N7OS. The number of anilines is 1. The van der Waals surface area contributed by atoms with Crippen LogP contribution in [-0.4, -0.2) is 31.2 Å². The molecule has 3 N–H and O–H groups in total. The predicted molar refractivity (Wildman–Crippen MR) is 107 cm³/mol. The van der Waals surface area contributed by atoms with Gasteiger partial charge in [-0.25, -0.2) is 8.78 Å². The van der Waals surface area contributed by atoms with E-state index in [1.165, 1.54) is 0 Å². The standard InChI is InChI=1S/C18H11F8N7OS/c19-11-1-2-13(12(20)6-11)27-16(35)30-28-14(34)7-33-31-15(29-32-33)8-3-9(17(21,22)23)5-10(4-8)18(24,25)26/h1-6H,7H2,(H,28,34)(H2,27,30,35). The van der Waals surface area contributed by atoms with Crippen LogP contribution in [0.4, 0.5) is 40.8 Å². The second kappa shape index (κ2) is 9.77. The first-order valence-corrected chi connectivity index (χ1v) is 9.52. The zero-order chi connectivity index (χ0) is 26.0. The zero-order valence-electron chi connectivity index (χ0n) is 16.8. The molecule has 2 aromatic carbocycles. The summed E-state index contributed by atoms with van der Waals surface area (Å²) >= 11 is 4.83. The normalized spacial score (nSPS) is 11.8. The lowest BCUT2D eigenvalue weighted by atomic mass is 10.0. The van der Waals surface area contributed by atoms with Gasteiger partial charge in [0.05, 0.1) is 16.8 Å². The molecule has 0 fully saturated rings. The zero-order valence-corrected chi connectivity index (χ0v) is 17.6. The molecule has 0 saturated carbocycles. The van der Waals surface area contributed by atoms with Crippen LogP contribution in [0.2, 0.25) is 0 Å². The maximum absolute atomic E-state index is 13.6. The Morgan fingerprint density at radius 3 is 2.14 bits per heavy atom. The van der Waals surface area contributed by atoms with Crippen LogP contribution in [0.5, 0.6) is 0 Å². The Kier molecular flexibility index (Phi) is 7.18. The van der Waals surface area contributed by atoms with E-state index in [1.54, 1.807) is 0 Å². The molecule has 8 nitrogen and oxygen atoms in total. The van der Waals surface area contributed by atoms with Crippen molar-refractivity contribution < 1.29 is 39.9 Å². The highest BCUT2D eigenvalue weighted by Crippen LogP contribution is 2.37. The minimum atomic E-state index is -5.07. The number of nitrogens with zero attached hydrogens (tertiary/aromatic N) is 4. The fourth-order valence-corrected chi connectivity index (χ4v) is 2.71. The largest absolute Gasteiger partial charge is 0.416 e. The van der Waals surface area contributed by atoms with Gasteiger partial charge in [0.2, 0.25) is 5.82 Å². The number of carbonyl (C=O) groups is 1. The number of rotatable bonds is 4. The summed E-state index contributed by atoms with van der Waals surface area (Å²) in [6.07, 6.45) is -10.1. The Hall–Kier alpha value is -3.89. The van der Waals surface area contributed by atoms with Gasteiger partial charge in [-0.2, -0.15) is 31.1 Å². The third-order valence-corrected chi connectivity index (χ3v) is 4.28. The number of hydrazine groups is 1. The van der Waals surface area contributed by atoms with Crippen molar-refractivity contribution in [2.75, 3.05) is 5.32 Å². The van der Waals surface area contributed by atoms with Crippen molar-refractivity contribution in [3.05, 3.63) is 59.2 Å². The number of tetrazole rings is 1. The second-order valence-electron chi connectivity index (χ2n) is 6.69. The molecule has 1 heterocycles. The summed E-state index contributed by atoms with van der Waals surface area (Å²) < 4.78 is 105. The maximum Gasteiger partial charge on any atom is 0.416 e. The lowest BCUT2D eigenvalue weighted by Crippen LogP contribution is -2.45. The molecule has 186 valence electrons. The molecule has 0 spiro atoms. The fraction of sp³-hybridized carbons (Fsp3) is 0.167. The number of benzene rings is 2. The van der Waals surface area contributed by atoms with Gasteiger partial charge in [-0.1, -0.05) is 0 Å². The molecule has 0 radical (unpaired) electrons. The first kappa shape index (κ1) is 25.7. The highest BCUT2D eigenvalue weighted by atomic mass is 32.1. The van der Waals surface area contributed by atoms with Crippen LogP contribution < -0.4 is 16.2 Å². The van der Waals surface area contributed by atoms with E-state index in [-0.39, 0.29) is 16.9 Å². The van der Waals surface area contributed by atoms with Crippen LogP contribution in [0.25, 0.3) is 11.4 Å². The number of thiocarbonyl (C=S) groups is 1. The summed E-state index contributed by atoms with van der Waals surface area (Å²) in [5, 5.41) is 12.5. The molecule has 17 heteroatoms. The molecule has 0 bridgehead atoms. The van der Waals surface area contributed by atoms with Crippen molar-refractivity contribution in [3.63, 3.8) is 0 Å². The number of nitrogens with one attached hydrogen (secondary N) is 3. The van der Waals surface area contributed by atoms with E-state index in [4.69, 9.17) is 12.2 Å². The molecule has 0 unspecified atom stereocenters. The van der Waals surface area contributed by atoms with Crippen LogP contribution in [0.15, 0.2) is 36.4 Å². The van der Waals surface area contributed by atoms with Gasteiger partial charge in [0.25, 0.3) is 5.91 Å². The maximum atomic E-state index is 13.6. The molecule has 3 rings (SSSR count). The average molecular weight is 525 g/mol. The number of aromatic nitrogens is 4. The SMILES string of the molecule is O=C(Cn1nnc(-c2cc(C(F)(F)F)cc(C(F)(F)F)c2)n1)NNC(=S)Nc1ccc(F)cc1F. The summed E-state index contributed by atoms with van der Waals surface area (Å²) in [4.78, 5) is 12.6. The van der Waals surface area contributed by atoms with E-state index in [0.717, 1.165) is 12.1 Å². The topological polar surface area (TPSA) is 96.8 Å². The third kappa shape index (κ3) is 6.81. The Bertz CT molecular complexity index is 1230. The second-order valence-corrected chi connectivity index (χ2v) is 7.10. The molecule has 0 aliphatic heterocycles. The van der Waals surface area contributed by atoms with Crippen molar-refractivity contribution in [3.8, 4) is 11.4 Å². The fourth-order valence-electron chi connectivity index (χ4n) is 2.55. The van der Waals surface area contributed by atoms with Gasteiger partial charge in [0.15, 0.2) is 5.11 Å². The summed E-state index contributed by atoms with van der Waals surface area (Å²) in [6, 6.07) is 3.39. The molecule has 0 aliphatic carbocycles. The molecule has 3 aromatic rings. The van der Waals surface area contributed by atoms with Crippen LogP contribution in [0.3, 0.4) is 0 Å². The molecule has 35 heavy (non-hydrogen) atoms. The highest BCUT2D eigenvalue weighted by molar-refractivity contribution is 7.80. The number of hydrogen-bond acceptors (Lipinski definition) is 5. The Morgan fingerprint density at radius 1 is 0.943 bits per heavy atom. The molecule has 1 aromatic heterocycles. The lowest BCUT2D eigenvalue weighted by Gasteiger charge is -2.13. The first-order valence-electron chi connectivity index (χ1n) is 9.11. The Labute approximate surface area is 195 Å². The Morgan fingerprint density at radius 2 is 1.57 bits per heavy atom. The van der Waals surface area contributed by atoms with Crippen molar-refractivity contribution >= 4 is 28.9 Å². The minimum absolute atomic E-state index is 0.0538. The molecule has 0 atom stereocenters. The van der Waals surface area contributed by atoms with Gasteiger partial charge in [-0.15, -0.1) is 10.2 Å². The van der Waals surface area contributed by atoms with E-state index < -0.39 is 59.0 Å². The van der Waals surface area contributed by atoms with Gasteiger partial charge < -0.3 is 5.32 Å². The van der Waals surface area contributed by atoms with E-state index in [9.17, 15) is 39.9 Å². The van der Waals surface area contributed by atoms with Crippen LogP contribution in [0, 0.1) is 11.6 Å². The van der Waals surface area contributed by atoms with Crippen molar-refractivity contribution in [1.29, 1.82) is 0 Å². The number of hydrogen-bond donors (Lipinski definition) is 3. The van der Waals surface area contributed by atoms with Crippen molar-refractivity contribution in [2.45, 2.75) is 18.9 Å². The van der Waals surface area contributed by atoms with E-state index in [0.29, 0.717) is 23.0 Å². The average Bonchev–Trinajstić information content (AvgIpc) is 3.21. The van der Waals surface area contributed by atoms with E-state index >= 15 is 0 Å². The monoisotopic (exact) mass is 525 g/mol. The smallest absolute Gasteiger partial charge is 0.329 e. The number of carbonyl (C=O) groups excluding carboxylic acids is 1. The highest BCUT2D eigenvalue weighted by Gasteiger charge is 2.37. The summed E-state index contributed by atoms with van der Waals surface area (Å²) in [6.45, 7) is -0.668. The minimum Gasteiger partial charge on any atom is -0.329 e. The van der Waals surface area contributed by atoms with Gasteiger partial charge in [-0.3, -0.25) is 15.6 Å². The van der Waals surface area contributed by atoms with Crippen molar-refractivity contribution in [1.82, 2.24) is 31.1 Å². The Balaban J connectivity index is 1.66. The molecule has 1 amide bonds. The van der Waals surface area contributed by atoms with Gasteiger partial charge in [-0.05, 0) is 47.8 Å². The molecule has 0 saturated heterocycles. The van der Waals surface area contributed by atoms with Gasteiger partial charge in [0.1, 0.15) is 18.2 Å². The van der Waals surface area contributed by atoms with E-state index in [1.807, 2.05) is 0 Å². The number of alkyl halides is 6. The van der Waals surface area contributed by atoms with Gasteiger partial charge in [0, 0.05) is 11.6 Å². The summed E-state index contributed by atoms with van der Waals surface area (Å²) in [5.41, 5.74) is 0.318. The molecular weight excluding hydrogens is 514 g/mol. The summed E-state index contributed by atoms with van der Waals surface area (Å²) in [5.74, 6) is -3.23. The molecule has 0 aliphatic rings. The van der Waals surface area contributed by atoms with Crippen LogP contribution in [0.1, 0.15) is 11.1 Å². The van der Waals surface area contributed by atoms with Gasteiger partial charge >= 0.3 is 12.4 Å². The number of halogens is 8. The quantitative estimate of drug-likeness (QED) is 0.272. The van der Waals surface area contributed by atoms with Crippen LogP contribution >= 0.6 is 12.2 Å². The van der Waals surface area contributed by atoms with Crippen molar-refractivity contribution in [2.24, 2.45) is 0 Å². The number of amides is 1. The first-order chi connectivity index (χ1) is 16.2. The lowest BCUT2D eigenvalue weighted by molar-refractivity contribution is -0.143. The van der Waals surface area contributed by atoms with E-state index in [2.05, 4.69) is 31.6 Å². The third-order valence-electron chi connectivity index (χ3n) is 4.08. The van der Waals surface area contributed by atoms with Crippen LogP contribution in [-0.2, 0) is 23.7 Å². The summed E-state index contributed by atoms with van der Waals surface area (Å²) in [7, 11) is 0. The predicted octanol–water partition coefficient (Wildman–Crippen LogP) is 3.67.